The third-order valence-corrected chi connectivity index (χ3v) is 5.69. The van der Waals surface area contributed by atoms with Gasteiger partial charge < -0.3 is 4.74 Å². The van der Waals surface area contributed by atoms with E-state index in [0.717, 1.165) is 38.4 Å². The molecule has 6 heteroatoms. The first kappa shape index (κ1) is 14.3. The van der Waals surface area contributed by atoms with Crippen LogP contribution in [0.2, 0.25) is 0 Å². The lowest BCUT2D eigenvalue weighted by Crippen LogP contribution is -2.58. The number of hydrogen-bond acceptors (Lipinski definition) is 5. The van der Waals surface area contributed by atoms with E-state index in [0.29, 0.717) is 24.9 Å². The molecule has 0 saturated heterocycles. The van der Waals surface area contributed by atoms with Gasteiger partial charge in [0.05, 0.1) is 18.5 Å². The summed E-state index contributed by atoms with van der Waals surface area (Å²) in [6.07, 6.45) is 6.72. The molecule has 2 atom stereocenters. The second-order valence-corrected chi connectivity index (χ2v) is 8.79. The Morgan fingerprint density at radius 1 is 1.20 bits per heavy atom. The van der Waals surface area contributed by atoms with E-state index in [-0.39, 0.29) is 11.4 Å². The quantitative estimate of drug-likeness (QED) is 0.585. The average molecular weight is 302 g/mol. The van der Waals surface area contributed by atoms with Crippen molar-refractivity contribution in [3.05, 3.63) is 0 Å². The normalized spacial score (nSPS) is 42.7. The zero-order valence-electron chi connectivity index (χ0n) is 12.1. The zero-order valence-corrected chi connectivity index (χ0v) is 12.9. The Morgan fingerprint density at radius 3 is 2.30 bits per heavy atom. The molecule has 4 aliphatic carbocycles. The highest BCUT2D eigenvalue weighted by Crippen LogP contribution is 2.63. The average Bonchev–Trinajstić information content (AvgIpc) is 2.21. The van der Waals surface area contributed by atoms with Crippen molar-refractivity contribution in [2.24, 2.45) is 17.3 Å². The van der Waals surface area contributed by atoms with Crippen LogP contribution in [0, 0.1) is 17.3 Å². The first-order valence-electron chi connectivity index (χ1n) is 7.23. The standard InChI is InChI=1S/C14H22O5S/c1-10(15)18-9-13-4-11-3-12(5-13)7-14(6-11,8-13)19-20(2,16)17/h11-12H,3-9H2,1-2H3. The third kappa shape index (κ3) is 2.72. The van der Waals surface area contributed by atoms with Crippen molar-refractivity contribution in [2.45, 2.75) is 51.0 Å². The number of hydrogen-bond donors (Lipinski definition) is 0. The van der Waals surface area contributed by atoms with Gasteiger partial charge in [-0.05, 0) is 50.4 Å². The molecule has 0 N–H and O–H groups in total. The topological polar surface area (TPSA) is 69.7 Å². The van der Waals surface area contributed by atoms with Gasteiger partial charge in [0.15, 0.2) is 0 Å². The molecule has 0 aromatic carbocycles. The number of esters is 1. The highest BCUT2D eigenvalue weighted by Gasteiger charge is 2.59. The van der Waals surface area contributed by atoms with Gasteiger partial charge in [-0.1, -0.05) is 0 Å². The lowest BCUT2D eigenvalue weighted by atomic mass is 9.48. The Labute approximate surface area is 120 Å². The molecule has 4 rings (SSSR count). The summed E-state index contributed by atoms with van der Waals surface area (Å²) in [6.45, 7) is 1.83. The first-order chi connectivity index (χ1) is 9.19. The van der Waals surface area contributed by atoms with Crippen molar-refractivity contribution in [3.63, 3.8) is 0 Å². The molecular weight excluding hydrogens is 280 g/mol. The van der Waals surface area contributed by atoms with E-state index in [2.05, 4.69) is 0 Å². The summed E-state index contributed by atoms with van der Waals surface area (Å²) >= 11 is 0. The Hall–Kier alpha value is -0.620. The van der Waals surface area contributed by atoms with E-state index < -0.39 is 15.7 Å². The smallest absolute Gasteiger partial charge is 0.302 e. The van der Waals surface area contributed by atoms with Gasteiger partial charge in [-0.2, -0.15) is 8.42 Å². The van der Waals surface area contributed by atoms with Gasteiger partial charge in [0, 0.05) is 12.3 Å². The van der Waals surface area contributed by atoms with Crippen LogP contribution in [0.4, 0.5) is 0 Å². The Balaban J connectivity index is 1.83. The lowest BCUT2D eigenvalue weighted by molar-refractivity contribution is -0.176. The summed E-state index contributed by atoms with van der Waals surface area (Å²) in [6, 6.07) is 0. The van der Waals surface area contributed by atoms with Gasteiger partial charge >= 0.3 is 5.97 Å². The van der Waals surface area contributed by atoms with Crippen LogP contribution >= 0.6 is 0 Å². The van der Waals surface area contributed by atoms with Crippen molar-refractivity contribution in [3.8, 4) is 0 Å². The monoisotopic (exact) mass is 302 g/mol. The fraction of sp³-hybridized carbons (Fsp3) is 0.929. The summed E-state index contributed by atoms with van der Waals surface area (Å²) in [5.41, 5.74) is -0.613. The Morgan fingerprint density at radius 2 is 1.80 bits per heavy atom. The molecule has 0 spiro atoms. The summed E-state index contributed by atoms with van der Waals surface area (Å²) in [7, 11) is -3.45. The number of rotatable bonds is 4. The van der Waals surface area contributed by atoms with Crippen LogP contribution in [0.1, 0.15) is 45.4 Å². The van der Waals surface area contributed by atoms with Crippen molar-refractivity contribution in [1.29, 1.82) is 0 Å². The number of carbonyl (C=O) groups is 1. The van der Waals surface area contributed by atoms with Crippen molar-refractivity contribution in [2.75, 3.05) is 12.9 Å². The Bertz CT molecular complexity index is 510. The molecule has 0 aromatic rings. The fourth-order valence-corrected chi connectivity index (χ4v) is 6.04. The molecule has 0 aliphatic heterocycles. The summed E-state index contributed by atoms with van der Waals surface area (Å²) < 4.78 is 33.9. The third-order valence-electron chi connectivity index (χ3n) is 5.04. The van der Waals surface area contributed by atoms with Crippen LogP contribution in [-0.4, -0.2) is 32.9 Å². The van der Waals surface area contributed by atoms with E-state index in [1.54, 1.807) is 0 Å². The predicted molar refractivity (Wildman–Crippen MR) is 72.4 cm³/mol. The molecule has 2 unspecified atom stereocenters. The van der Waals surface area contributed by atoms with E-state index in [1.165, 1.54) is 6.92 Å². The maximum atomic E-state index is 11.6. The van der Waals surface area contributed by atoms with Crippen LogP contribution in [0.25, 0.3) is 0 Å². The molecule has 4 fully saturated rings. The minimum atomic E-state index is -3.45. The molecule has 4 saturated carbocycles. The fourth-order valence-electron chi connectivity index (χ4n) is 5.21. The predicted octanol–water partition coefficient (Wildman–Crippen LogP) is 1.86. The maximum absolute atomic E-state index is 11.6. The van der Waals surface area contributed by atoms with Gasteiger partial charge in [0.1, 0.15) is 0 Å². The molecule has 114 valence electrons. The van der Waals surface area contributed by atoms with E-state index in [9.17, 15) is 13.2 Å². The minimum Gasteiger partial charge on any atom is -0.465 e. The summed E-state index contributed by atoms with van der Waals surface area (Å²) in [5.74, 6) is 0.751. The molecule has 0 amide bonds. The van der Waals surface area contributed by atoms with Crippen LogP contribution in [0.15, 0.2) is 0 Å². The molecule has 0 heterocycles. The first-order valence-corrected chi connectivity index (χ1v) is 9.05. The molecule has 4 bridgehead atoms. The van der Waals surface area contributed by atoms with Crippen molar-refractivity contribution < 1.29 is 22.1 Å². The highest BCUT2D eigenvalue weighted by atomic mass is 32.2. The van der Waals surface area contributed by atoms with Crippen LogP contribution in [0.5, 0.6) is 0 Å². The van der Waals surface area contributed by atoms with Crippen LogP contribution < -0.4 is 0 Å². The zero-order chi connectivity index (χ0) is 14.6. The summed E-state index contributed by atoms with van der Waals surface area (Å²) in [5, 5.41) is 0. The van der Waals surface area contributed by atoms with Crippen LogP contribution in [-0.2, 0) is 23.8 Å². The van der Waals surface area contributed by atoms with E-state index in [1.807, 2.05) is 0 Å². The van der Waals surface area contributed by atoms with Gasteiger partial charge in [-0.15, -0.1) is 0 Å². The number of ether oxygens (including phenoxy) is 1. The van der Waals surface area contributed by atoms with Gasteiger partial charge in [-0.25, -0.2) is 0 Å². The maximum Gasteiger partial charge on any atom is 0.302 e. The molecule has 0 aromatic heterocycles. The molecule has 0 radical (unpaired) electrons. The highest BCUT2D eigenvalue weighted by molar-refractivity contribution is 7.86. The second-order valence-electron chi connectivity index (χ2n) is 7.21. The minimum absolute atomic E-state index is 0.0690. The van der Waals surface area contributed by atoms with Crippen LogP contribution in [0.3, 0.4) is 0 Å². The SMILES string of the molecule is CC(=O)OCC12CC3CC(C1)CC(OS(C)(=O)=O)(C3)C2. The lowest BCUT2D eigenvalue weighted by Gasteiger charge is -2.60. The van der Waals surface area contributed by atoms with E-state index in [4.69, 9.17) is 8.92 Å². The van der Waals surface area contributed by atoms with Gasteiger partial charge in [-0.3, -0.25) is 8.98 Å². The molecular formula is C14H22O5S. The van der Waals surface area contributed by atoms with Crippen molar-refractivity contribution in [1.82, 2.24) is 0 Å². The second kappa shape index (κ2) is 4.44. The molecule has 20 heavy (non-hydrogen) atoms. The summed E-state index contributed by atoms with van der Waals surface area (Å²) in [4.78, 5) is 11.1. The van der Waals surface area contributed by atoms with Crippen molar-refractivity contribution >= 4 is 16.1 Å². The Kier molecular flexibility index (Phi) is 3.18. The molecule has 4 aliphatic rings. The van der Waals surface area contributed by atoms with Gasteiger partial charge in [0.25, 0.3) is 10.1 Å². The van der Waals surface area contributed by atoms with Gasteiger partial charge in [0.2, 0.25) is 0 Å². The largest absolute Gasteiger partial charge is 0.465 e. The van der Waals surface area contributed by atoms with E-state index >= 15 is 0 Å². The number of carbonyl (C=O) groups excluding carboxylic acids is 1. The molecule has 5 nitrogen and oxygen atoms in total.